The van der Waals surface area contributed by atoms with Crippen LogP contribution in [0.1, 0.15) is 10.4 Å². The van der Waals surface area contributed by atoms with Gasteiger partial charge in [-0.05, 0) is 6.07 Å². The van der Waals surface area contributed by atoms with Gasteiger partial charge in [0.15, 0.2) is 0 Å². The normalized spacial score (nSPS) is 10.3. The number of methoxy groups -OCH3 is 1. The largest absolute Gasteiger partial charge is 0.395 e. The third-order valence-corrected chi connectivity index (χ3v) is 2.93. The lowest BCUT2D eigenvalue weighted by atomic mass is 10.1. The van der Waals surface area contributed by atoms with Gasteiger partial charge in [0.1, 0.15) is 0 Å². The molecule has 0 aliphatic rings. The van der Waals surface area contributed by atoms with E-state index >= 15 is 0 Å². The standard InChI is InChI=1S/C12H15ClN2O5/c1-20-7-5-14(4-6-16)12(17)10-3-2-9(15(18)19)8-11(10)13/h2-3,8,16H,4-7H2,1H3. The molecule has 0 bridgehead atoms. The second-order valence-electron chi connectivity index (χ2n) is 3.93. The first-order chi connectivity index (χ1) is 9.51. The zero-order chi connectivity index (χ0) is 15.1. The molecule has 8 heteroatoms. The van der Waals surface area contributed by atoms with E-state index < -0.39 is 10.8 Å². The van der Waals surface area contributed by atoms with E-state index in [2.05, 4.69) is 0 Å². The molecular weight excluding hydrogens is 288 g/mol. The zero-order valence-corrected chi connectivity index (χ0v) is 11.7. The van der Waals surface area contributed by atoms with Gasteiger partial charge in [-0.3, -0.25) is 14.9 Å². The number of carbonyl (C=O) groups excluding carboxylic acids is 1. The van der Waals surface area contributed by atoms with E-state index in [1.54, 1.807) is 0 Å². The minimum Gasteiger partial charge on any atom is -0.395 e. The molecule has 7 nitrogen and oxygen atoms in total. The predicted octanol–water partition coefficient (Wildman–Crippen LogP) is 1.33. The number of non-ortho nitro benzene ring substituents is 1. The maximum atomic E-state index is 12.2. The first-order valence-corrected chi connectivity index (χ1v) is 6.22. The predicted molar refractivity (Wildman–Crippen MR) is 73.0 cm³/mol. The van der Waals surface area contributed by atoms with Crippen LogP contribution in [0.25, 0.3) is 0 Å². The van der Waals surface area contributed by atoms with Crippen LogP contribution in [0.2, 0.25) is 5.02 Å². The number of nitrogens with zero attached hydrogens (tertiary/aromatic N) is 2. The van der Waals surface area contributed by atoms with Crippen molar-refractivity contribution in [2.45, 2.75) is 0 Å². The van der Waals surface area contributed by atoms with Crippen molar-refractivity contribution in [2.24, 2.45) is 0 Å². The first kappa shape index (κ1) is 16.4. The molecule has 1 amide bonds. The summed E-state index contributed by atoms with van der Waals surface area (Å²) in [6.07, 6.45) is 0. The van der Waals surface area contributed by atoms with Gasteiger partial charge in [0.25, 0.3) is 11.6 Å². The number of amides is 1. The summed E-state index contributed by atoms with van der Waals surface area (Å²) < 4.78 is 4.89. The Hall–Kier alpha value is -1.70. The average molecular weight is 303 g/mol. The van der Waals surface area contributed by atoms with E-state index in [1.807, 2.05) is 0 Å². The number of hydrogen-bond donors (Lipinski definition) is 1. The van der Waals surface area contributed by atoms with Crippen LogP contribution in [-0.4, -0.2) is 54.3 Å². The fraction of sp³-hybridized carbons (Fsp3) is 0.417. The summed E-state index contributed by atoms with van der Waals surface area (Å²) in [4.78, 5) is 23.6. The number of rotatable bonds is 7. The fourth-order valence-electron chi connectivity index (χ4n) is 1.60. The molecule has 110 valence electrons. The van der Waals surface area contributed by atoms with Crippen molar-refractivity contribution in [1.82, 2.24) is 4.90 Å². The topological polar surface area (TPSA) is 92.9 Å². The zero-order valence-electron chi connectivity index (χ0n) is 10.9. The Morgan fingerprint density at radius 2 is 2.20 bits per heavy atom. The van der Waals surface area contributed by atoms with E-state index in [4.69, 9.17) is 21.4 Å². The van der Waals surface area contributed by atoms with Crippen LogP contribution in [0.15, 0.2) is 18.2 Å². The van der Waals surface area contributed by atoms with E-state index in [-0.39, 0.29) is 29.4 Å². The van der Waals surface area contributed by atoms with Crippen LogP contribution in [0.3, 0.4) is 0 Å². The SMILES string of the molecule is COCCN(CCO)C(=O)c1ccc([N+](=O)[O-])cc1Cl. The van der Waals surface area contributed by atoms with Crippen LogP contribution >= 0.6 is 11.6 Å². The second kappa shape index (κ2) is 7.78. The summed E-state index contributed by atoms with van der Waals surface area (Å²) in [5.41, 5.74) is -0.0287. The van der Waals surface area contributed by atoms with Crippen molar-refractivity contribution in [2.75, 3.05) is 33.4 Å². The van der Waals surface area contributed by atoms with Crippen molar-refractivity contribution in [3.63, 3.8) is 0 Å². The first-order valence-electron chi connectivity index (χ1n) is 5.84. The molecule has 0 radical (unpaired) electrons. The number of nitro groups is 1. The van der Waals surface area contributed by atoms with Crippen molar-refractivity contribution < 1.29 is 19.6 Å². The van der Waals surface area contributed by atoms with Gasteiger partial charge >= 0.3 is 0 Å². The highest BCUT2D eigenvalue weighted by molar-refractivity contribution is 6.34. The van der Waals surface area contributed by atoms with Crippen molar-refractivity contribution in [3.8, 4) is 0 Å². The number of carbonyl (C=O) groups is 1. The molecule has 1 N–H and O–H groups in total. The van der Waals surface area contributed by atoms with Gasteiger partial charge in [-0.15, -0.1) is 0 Å². The minimum atomic E-state index is -0.587. The molecule has 1 aromatic carbocycles. The van der Waals surface area contributed by atoms with Crippen LogP contribution in [0.4, 0.5) is 5.69 Å². The molecule has 1 rings (SSSR count). The number of benzene rings is 1. The number of ether oxygens (including phenoxy) is 1. The Morgan fingerprint density at radius 3 is 2.70 bits per heavy atom. The third kappa shape index (κ3) is 4.16. The molecule has 0 fully saturated rings. The molecule has 0 unspecified atom stereocenters. The molecule has 0 heterocycles. The van der Waals surface area contributed by atoms with Crippen LogP contribution < -0.4 is 0 Å². The summed E-state index contributed by atoms with van der Waals surface area (Å²) in [5.74, 6) is -0.406. The molecule has 0 aromatic heterocycles. The van der Waals surface area contributed by atoms with E-state index in [9.17, 15) is 14.9 Å². The Balaban J connectivity index is 2.96. The molecule has 0 saturated carbocycles. The van der Waals surface area contributed by atoms with Gasteiger partial charge in [-0.2, -0.15) is 0 Å². The quantitative estimate of drug-likeness (QED) is 0.606. The van der Waals surface area contributed by atoms with Crippen LogP contribution in [-0.2, 0) is 4.74 Å². The second-order valence-corrected chi connectivity index (χ2v) is 4.34. The molecular formula is C12H15ClN2O5. The summed E-state index contributed by atoms with van der Waals surface area (Å²) in [5, 5.41) is 19.6. The molecule has 0 aliphatic heterocycles. The van der Waals surface area contributed by atoms with Crippen molar-refractivity contribution >= 4 is 23.2 Å². The van der Waals surface area contributed by atoms with Gasteiger partial charge in [0.05, 0.1) is 28.7 Å². The van der Waals surface area contributed by atoms with Gasteiger partial charge in [0, 0.05) is 32.3 Å². The smallest absolute Gasteiger partial charge is 0.270 e. The summed E-state index contributed by atoms with van der Waals surface area (Å²) >= 11 is 5.90. The van der Waals surface area contributed by atoms with Crippen LogP contribution in [0.5, 0.6) is 0 Å². The average Bonchev–Trinajstić information content (AvgIpc) is 2.42. The molecule has 1 aromatic rings. The Morgan fingerprint density at radius 1 is 1.50 bits per heavy atom. The van der Waals surface area contributed by atoms with E-state index in [1.165, 1.54) is 24.1 Å². The van der Waals surface area contributed by atoms with Gasteiger partial charge in [-0.1, -0.05) is 11.6 Å². The van der Waals surface area contributed by atoms with E-state index in [0.29, 0.717) is 13.2 Å². The summed E-state index contributed by atoms with van der Waals surface area (Å²) in [7, 11) is 1.50. The highest BCUT2D eigenvalue weighted by Gasteiger charge is 2.20. The lowest BCUT2D eigenvalue weighted by Crippen LogP contribution is -2.36. The molecule has 0 saturated heterocycles. The fourth-order valence-corrected chi connectivity index (χ4v) is 1.85. The van der Waals surface area contributed by atoms with Crippen molar-refractivity contribution in [1.29, 1.82) is 0 Å². The number of nitro benzene ring substituents is 1. The lowest BCUT2D eigenvalue weighted by molar-refractivity contribution is -0.384. The Bertz CT molecular complexity index is 495. The molecule has 0 aliphatic carbocycles. The summed E-state index contributed by atoms with van der Waals surface area (Å²) in [6, 6.07) is 3.65. The van der Waals surface area contributed by atoms with Gasteiger partial charge in [0.2, 0.25) is 0 Å². The Labute approximate surface area is 120 Å². The van der Waals surface area contributed by atoms with Crippen molar-refractivity contribution in [3.05, 3.63) is 38.9 Å². The summed E-state index contributed by atoms with van der Waals surface area (Å²) in [6.45, 7) is 0.551. The van der Waals surface area contributed by atoms with E-state index in [0.717, 1.165) is 6.07 Å². The molecule has 20 heavy (non-hydrogen) atoms. The number of hydrogen-bond acceptors (Lipinski definition) is 5. The molecule has 0 spiro atoms. The minimum absolute atomic E-state index is 0.00422. The van der Waals surface area contributed by atoms with Gasteiger partial charge < -0.3 is 14.7 Å². The van der Waals surface area contributed by atoms with Gasteiger partial charge in [-0.25, -0.2) is 0 Å². The number of halogens is 1. The highest BCUT2D eigenvalue weighted by Crippen LogP contribution is 2.23. The monoisotopic (exact) mass is 302 g/mol. The number of aliphatic hydroxyl groups is 1. The maximum Gasteiger partial charge on any atom is 0.270 e. The van der Waals surface area contributed by atoms with Crippen LogP contribution in [0, 0.1) is 10.1 Å². The Kier molecular flexibility index (Phi) is 6.37. The number of aliphatic hydroxyl groups excluding tert-OH is 1. The third-order valence-electron chi connectivity index (χ3n) is 2.62. The highest BCUT2D eigenvalue weighted by atomic mass is 35.5. The maximum absolute atomic E-state index is 12.2. The lowest BCUT2D eigenvalue weighted by Gasteiger charge is -2.21. The molecule has 0 atom stereocenters.